The van der Waals surface area contributed by atoms with Crippen molar-refractivity contribution in [2.75, 3.05) is 6.54 Å². The predicted molar refractivity (Wildman–Crippen MR) is 68.7 cm³/mol. The van der Waals surface area contributed by atoms with Crippen molar-refractivity contribution in [2.24, 2.45) is 5.73 Å². The lowest BCUT2D eigenvalue weighted by molar-refractivity contribution is 0.659. The van der Waals surface area contributed by atoms with Crippen molar-refractivity contribution in [3.05, 3.63) is 41.9 Å². The second kappa shape index (κ2) is 3.70. The van der Waals surface area contributed by atoms with E-state index in [9.17, 15) is 0 Å². The van der Waals surface area contributed by atoms with E-state index in [1.165, 1.54) is 11.1 Å². The fourth-order valence-corrected chi connectivity index (χ4v) is 2.16. The van der Waals surface area contributed by atoms with E-state index in [1.54, 1.807) is 0 Å². The van der Waals surface area contributed by atoms with E-state index < -0.39 is 0 Å². The Balaban J connectivity index is 1.92. The third kappa shape index (κ3) is 1.76. The van der Waals surface area contributed by atoms with Crippen LogP contribution in [0.25, 0.3) is 11.3 Å². The SMILES string of the molecule is Cc1ccc(-c2cnc(C3(CN)CC3)[nH]2)cc1. The van der Waals surface area contributed by atoms with Gasteiger partial charge in [-0.15, -0.1) is 0 Å². The number of rotatable bonds is 3. The molecule has 3 N–H and O–H groups in total. The highest BCUT2D eigenvalue weighted by Crippen LogP contribution is 2.46. The average Bonchev–Trinajstić information content (AvgIpc) is 3.00. The van der Waals surface area contributed by atoms with Crippen molar-refractivity contribution >= 4 is 0 Å². The lowest BCUT2D eigenvalue weighted by Gasteiger charge is -2.07. The Morgan fingerprint density at radius 1 is 1.29 bits per heavy atom. The summed E-state index contributed by atoms with van der Waals surface area (Å²) in [6.07, 6.45) is 4.23. The molecule has 1 fully saturated rings. The van der Waals surface area contributed by atoms with Crippen LogP contribution in [-0.4, -0.2) is 16.5 Å². The highest BCUT2D eigenvalue weighted by molar-refractivity contribution is 5.59. The monoisotopic (exact) mass is 227 g/mol. The Kier molecular flexibility index (Phi) is 2.30. The Labute approximate surface area is 101 Å². The summed E-state index contributed by atoms with van der Waals surface area (Å²) in [6.45, 7) is 2.78. The molecule has 1 aliphatic rings. The van der Waals surface area contributed by atoms with Gasteiger partial charge in [0.05, 0.1) is 11.9 Å². The lowest BCUT2D eigenvalue weighted by Crippen LogP contribution is -2.21. The molecular weight excluding hydrogens is 210 g/mol. The average molecular weight is 227 g/mol. The first-order valence-corrected chi connectivity index (χ1v) is 6.06. The molecule has 0 atom stereocenters. The van der Waals surface area contributed by atoms with Crippen LogP contribution in [0.1, 0.15) is 24.2 Å². The maximum absolute atomic E-state index is 5.81. The van der Waals surface area contributed by atoms with Gasteiger partial charge in [-0.2, -0.15) is 0 Å². The highest BCUT2D eigenvalue weighted by Gasteiger charge is 2.45. The molecule has 1 aromatic heterocycles. The van der Waals surface area contributed by atoms with Gasteiger partial charge in [-0.1, -0.05) is 29.8 Å². The van der Waals surface area contributed by atoms with Crippen LogP contribution in [0.2, 0.25) is 0 Å². The largest absolute Gasteiger partial charge is 0.342 e. The summed E-state index contributed by atoms with van der Waals surface area (Å²) in [4.78, 5) is 7.90. The van der Waals surface area contributed by atoms with E-state index in [4.69, 9.17) is 5.73 Å². The van der Waals surface area contributed by atoms with Gasteiger partial charge in [0.25, 0.3) is 0 Å². The summed E-state index contributed by atoms with van der Waals surface area (Å²) in [7, 11) is 0. The van der Waals surface area contributed by atoms with Gasteiger partial charge < -0.3 is 10.7 Å². The van der Waals surface area contributed by atoms with Gasteiger partial charge >= 0.3 is 0 Å². The molecular formula is C14H17N3. The molecule has 3 heteroatoms. The Morgan fingerprint density at radius 2 is 2.00 bits per heavy atom. The van der Waals surface area contributed by atoms with E-state index in [-0.39, 0.29) is 5.41 Å². The highest BCUT2D eigenvalue weighted by atomic mass is 15.0. The third-order valence-electron chi connectivity index (χ3n) is 3.69. The predicted octanol–water partition coefficient (Wildman–Crippen LogP) is 2.38. The van der Waals surface area contributed by atoms with Crippen LogP contribution in [0.5, 0.6) is 0 Å². The second-order valence-electron chi connectivity index (χ2n) is 5.00. The Morgan fingerprint density at radius 3 is 2.59 bits per heavy atom. The minimum absolute atomic E-state index is 0.142. The molecule has 17 heavy (non-hydrogen) atoms. The first kappa shape index (κ1) is 10.5. The minimum Gasteiger partial charge on any atom is -0.342 e. The number of aryl methyl sites for hydroxylation is 1. The molecule has 0 radical (unpaired) electrons. The number of hydrogen-bond donors (Lipinski definition) is 2. The van der Waals surface area contributed by atoms with Gasteiger partial charge in [0.1, 0.15) is 5.82 Å². The van der Waals surface area contributed by atoms with Crippen LogP contribution in [0.15, 0.2) is 30.5 Å². The topological polar surface area (TPSA) is 54.7 Å². The fourth-order valence-electron chi connectivity index (χ4n) is 2.16. The summed E-state index contributed by atoms with van der Waals surface area (Å²) >= 11 is 0. The zero-order chi connectivity index (χ0) is 11.9. The Hall–Kier alpha value is -1.61. The molecule has 0 saturated heterocycles. The number of hydrogen-bond acceptors (Lipinski definition) is 2. The van der Waals surface area contributed by atoms with Gasteiger partial charge in [-0.25, -0.2) is 4.98 Å². The quantitative estimate of drug-likeness (QED) is 0.845. The first-order valence-electron chi connectivity index (χ1n) is 6.06. The molecule has 1 aromatic carbocycles. The van der Waals surface area contributed by atoms with Crippen molar-refractivity contribution in [3.63, 3.8) is 0 Å². The summed E-state index contributed by atoms with van der Waals surface area (Å²) in [5.41, 5.74) is 9.49. The zero-order valence-electron chi connectivity index (χ0n) is 10.0. The summed E-state index contributed by atoms with van der Waals surface area (Å²) in [5, 5.41) is 0. The third-order valence-corrected chi connectivity index (χ3v) is 3.69. The maximum atomic E-state index is 5.81. The molecule has 3 nitrogen and oxygen atoms in total. The van der Waals surface area contributed by atoms with E-state index in [2.05, 4.69) is 41.2 Å². The number of benzene rings is 1. The van der Waals surface area contributed by atoms with Crippen LogP contribution in [0.4, 0.5) is 0 Å². The van der Waals surface area contributed by atoms with Crippen LogP contribution in [0, 0.1) is 6.92 Å². The molecule has 3 rings (SSSR count). The van der Waals surface area contributed by atoms with Crippen LogP contribution < -0.4 is 5.73 Å². The number of nitrogens with two attached hydrogens (primary N) is 1. The molecule has 2 aromatic rings. The number of H-pyrrole nitrogens is 1. The molecule has 1 saturated carbocycles. The molecule has 0 unspecified atom stereocenters. The number of aromatic amines is 1. The molecule has 1 aliphatic carbocycles. The molecule has 1 heterocycles. The molecule has 0 bridgehead atoms. The molecule has 0 aliphatic heterocycles. The fraction of sp³-hybridized carbons (Fsp3) is 0.357. The minimum atomic E-state index is 0.142. The van der Waals surface area contributed by atoms with Crippen LogP contribution in [0.3, 0.4) is 0 Å². The van der Waals surface area contributed by atoms with Gasteiger partial charge in [-0.3, -0.25) is 0 Å². The Bertz CT molecular complexity index is 521. The second-order valence-corrected chi connectivity index (χ2v) is 5.00. The van der Waals surface area contributed by atoms with Gasteiger partial charge in [0.2, 0.25) is 0 Å². The smallest absolute Gasteiger partial charge is 0.114 e. The van der Waals surface area contributed by atoms with Crippen LogP contribution in [-0.2, 0) is 5.41 Å². The molecule has 0 amide bonds. The van der Waals surface area contributed by atoms with Crippen molar-refractivity contribution in [1.82, 2.24) is 9.97 Å². The summed E-state index contributed by atoms with van der Waals surface area (Å²) in [6, 6.07) is 8.47. The summed E-state index contributed by atoms with van der Waals surface area (Å²) in [5.74, 6) is 1.05. The van der Waals surface area contributed by atoms with Gasteiger partial charge in [-0.05, 0) is 25.3 Å². The number of nitrogens with one attached hydrogen (secondary N) is 1. The van der Waals surface area contributed by atoms with Gasteiger partial charge in [0.15, 0.2) is 0 Å². The number of aromatic nitrogens is 2. The van der Waals surface area contributed by atoms with Crippen molar-refractivity contribution in [3.8, 4) is 11.3 Å². The zero-order valence-corrected chi connectivity index (χ0v) is 10.0. The normalized spacial score (nSPS) is 17.1. The molecule has 0 spiro atoms. The van der Waals surface area contributed by atoms with Crippen molar-refractivity contribution in [1.29, 1.82) is 0 Å². The standard InChI is InChI=1S/C14H17N3/c1-10-2-4-11(5-3-10)12-8-16-13(17-12)14(9-15)6-7-14/h2-5,8H,6-7,9,15H2,1H3,(H,16,17). The van der Waals surface area contributed by atoms with Gasteiger partial charge in [0, 0.05) is 12.0 Å². The maximum Gasteiger partial charge on any atom is 0.114 e. The van der Waals surface area contributed by atoms with E-state index in [1.807, 2.05) is 6.20 Å². The van der Waals surface area contributed by atoms with Crippen molar-refractivity contribution in [2.45, 2.75) is 25.2 Å². The summed E-state index contributed by atoms with van der Waals surface area (Å²) < 4.78 is 0. The van der Waals surface area contributed by atoms with E-state index in [0.29, 0.717) is 6.54 Å². The van der Waals surface area contributed by atoms with E-state index in [0.717, 1.165) is 24.4 Å². The van der Waals surface area contributed by atoms with E-state index >= 15 is 0 Å². The number of imidazole rings is 1. The van der Waals surface area contributed by atoms with Crippen molar-refractivity contribution < 1.29 is 0 Å². The lowest BCUT2D eigenvalue weighted by atomic mass is 10.1. The van der Waals surface area contributed by atoms with Crippen LogP contribution >= 0.6 is 0 Å². The number of nitrogens with zero attached hydrogens (tertiary/aromatic N) is 1. The first-order chi connectivity index (χ1) is 8.23. The molecule has 88 valence electrons.